The minimum Gasteiger partial charge on any atom is -0.489 e. The van der Waals surface area contributed by atoms with E-state index in [1.165, 1.54) is 0 Å². The Kier molecular flexibility index (Phi) is 3.85. The molecule has 0 aromatic carbocycles. The lowest BCUT2D eigenvalue weighted by atomic mass is 10.0. The molecule has 2 aromatic rings. The quantitative estimate of drug-likeness (QED) is 0.912. The smallest absolute Gasteiger partial charge is 0.138 e. The molecule has 0 radical (unpaired) electrons. The van der Waals surface area contributed by atoms with Crippen LogP contribution in [0.4, 0.5) is 0 Å². The van der Waals surface area contributed by atoms with E-state index in [1.54, 1.807) is 18.6 Å². The van der Waals surface area contributed by atoms with Gasteiger partial charge in [0.15, 0.2) is 0 Å². The number of hydrogen-bond donors (Lipinski definition) is 1. The molecule has 2 rings (SSSR count). The van der Waals surface area contributed by atoms with Gasteiger partial charge in [-0.15, -0.1) is 0 Å². The molecule has 0 spiro atoms. The highest BCUT2D eigenvalue weighted by atomic mass is 16.5. The molecular weight excluding hydrogens is 240 g/mol. The van der Waals surface area contributed by atoms with E-state index in [0.717, 1.165) is 22.6 Å². The monoisotopic (exact) mass is 260 g/mol. The van der Waals surface area contributed by atoms with Gasteiger partial charge in [-0.05, 0) is 32.4 Å². The molecule has 0 aliphatic rings. The maximum atomic E-state index is 6.28. The highest BCUT2D eigenvalue weighted by molar-refractivity contribution is 5.34. The fourth-order valence-electron chi connectivity index (χ4n) is 1.94. The van der Waals surface area contributed by atoms with Crippen molar-refractivity contribution >= 4 is 0 Å². The second-order valence-electron chi connectivity index (χ2n) is 4.91. The molecule has 0 fully saturated rings. The Bertz CT molecular complexity index is 562. The lowest BCUT2D eigenvalue weighted by Gasteiger charge is -2.14. The average Bonchev–Trinajstić information content (AvgIpc) is 2.69. The summed E-state index contributed by atoms with van der Waals surface area (Å²) < 4.78 is 7.45. The maximum absolute atomic E-state index is 6.28. The van der Waals surface area contributed by atoms with E-state index in [9.17, 15) is 0 Å². The van der Waals surface area contributed by atoms with E-state index >= 15 is 0 Å². The number of nitrogens with two attached hydrogens (primary N) is 1. The Labute approximate surface area is 113 Å². The van der Waals surface area contributed by atoms with E-state index in [-0.39, 0.29) is 12.1 Å². The number of aromatic nitrogens is 3. The average molecular weight is 260 g/mol. The number of ether oxygens (including phenoxy) is 1. The van der Waals surface area contributed by atoms with Gasteiger partial charge in [0, 0.05) is 24.5 Å². The van der Waals surface area contributed by atoms with Gasteiger partial charge in [0.05, 0.1) is 24.5 Å². The zero-order valence-corrected chi connectivity index (χ0v) is 11.8. The van der Waals surface area contributed by atoms with Crippen molar-refractivity contribution in [1.82, 2.24) is 14.8 Å². The Morgan fingerprint density at radius 3 is 2.58 bits per heavy atom. The SMILES string of the molecule is Cc1c(C(N)c2cncc(OC(C)C)c2)cnn1C. The summed E-state index contributed by atoms with van der Waals surface area (Å²) in [7, 11) is 1.90. The van der Waals surface area contributed by atoms with Crippen molar-refractivity contribution in [3.8, 4) is 5.75 Å². The van der Waals surface area contributed by atoms with Gasteiger partial charge in [-0.3, -0.25) is 9.67 Å². The summed E-state index contributed by atoms with van der Waals surface area (Å²) >= 11 is 0. The van der Waals surface area contributed by atoms with E-state index in [1.807, 2.05) is 38.6 Å². The van der Waals surface area contributed by atoms with Crippen LogP contribution in [-0.4, -0.2) is 20.9 Å². The first-order valence-electron chi connectivity index (χ1n) is 6.34. The van der Waals surface area contributed by atoms with Crippen LogP contribution in [0.25, 0.3) is 0 Å². The van der Waals surface area contributed by atoms with E-state index in [4.69, 9.17) is 10.5 Å². The van der Waals surface area contributed by atoms with Gasteiger partial charge >= 0.3 is 0 Å². The first kappa shape index (κ1) is 13.5. The second-order valence-corrected chi connectivity index (χ2v) is 4.91. The molecule has 102 valence electrons. The minimum atomic E-state index is -0.239. The summed E-state index contributed by atoms with van der Waals surface area (Å²) in [4.78, 5) is 4.19. The number of pyridine rings is 1. The molecule has 1 unspecified atom stereocenters. The first-order valence-corrected chi connectivity index (χ1v) is 6.34. The summed E-state index contributed by atoms with van der Waals surface area (Å²) in [6.45, 7) is 5.97. The van der Waals surface area contributed by atoms with E-state index in [0.29, 0.717) is 0 Å². The molecular formula is C14H20N4O. The molecule has 0 aliphatic carbocycles. The number of hydrogen-bond acceptors (Lipinski definition) is 4. The molecule has 19 heavy (non-hydrogen) atoms. The minimum absolute atomic E-state index is 0.119. The molecule has 5 heteroatoms. The van der Waals surface area contributed by atoms with Gasteiger partial charge < -0.3 is 10.5 Å². The van der Waals surface area contributed by atoms with Gasteiger partial charge in [0.2, 0.25) is 0 Å². The summed E-state index contributed by atoms with van der Waals surface area (Å²) in [5.41, 5.74) is 9.27. The molecule has 2 heterocycles. The fraction of sp³-hybridized carbons (Fsp3) is 0.429. The molecule has 0 saturated carbocycles. The van der Waals surface area contributed by atoms with Gasteiger partial charge in [0.25, 0.3) is 0 Å². The van der Waals surface area contributed by atoms with Crippen molar-refractivity contribution in [1.29, 1.82) is 0 Å². The zero-order valence-electron chi connectivity index (χ0n) is 11.8. The van der Waals surface area contributed by atoms with Crippen molar-refractivity contribution in [2.75, 3.05) is 0 Å². The highest BCUT2D eigenvalue weighted by Gasteiger charge is 2.15. The van der Waals surface area contributed by atoms with Crippen LogP contribution in [0.1, 0.15) is 36.7 Å². The van der Waals surface area contributed by atoms with Crippen LogP contribution < -0.4 is 10.5 Å². The molecule has 2 aromatic heterocycles. The lowest BCUT2D eigenvalue weighted by Crippen LogP contribution is -2.14. The van der Waals surface area contributed by atoms with Crippen LogP contribution in [0, 0.1) is 6.92 Å². The molecule has 0 saturated heterocycles. The third kappa shape index (κ3) is 2.93. The molecule has 0 aliphatic heterocycles. The molecule has 0 bridgehead atoms. The third-order valence-corrected chi connectivity index (χ3v) is 3.07. The van der Waals surface area contributed by atoms with Crippen LogP contribution in [0.2, 0.25) is 0 Å². The van der Waals surface area contributed by atoms with Gasteiger partial charge in [-0.2, -0.15) is 5.10 Å². The normalized spacial score (nSPS) is 12.7. The summed E-state index contributed by atoms with van der Waals surface area (Å²) in [6.07, 6.45) is 5.39. The van der Waals surface area contributed by atoms with E-state index in [2.05, 4.69) is 10.1 Å². The maximum Gasteiger partial charge on any atom is 0.138 e. The molecule has 5 nitrogen and oxygen atoms in total. The second kappa shape index (κ2) is 5.40. The largest absolute Gasteiger partial charge is 0.489 e. The number of rotatable bonds is 4. The van der Waals surface area contributed by atoms with Gasteiger partial charge in [0.1, 0.15) is 5.75 Å². The summed E-state index contributed by atoms with van der Waals surface area (Å²) in [5, 5.41) is 4.22. The Morgan fingerprint density at radius 2 is 2.00 bits per heavy atom. The Morgan fingerprint density at radius 1 is 1.26 bits per heavy atom. The van der Waals surface area contributed by atoms with Crippen LogP contribution >= 0.6 is 0 Å². The summed E-state index contributed by atoms with van der Waals surface area (Å²) in [6, 6.07) is 1.70. The van der Waals surface area contributed by atoms with Crippen LogP contribution in [0.15, 0.2) is 24.7 Å². The Hall–Kier alpha value is -1.88. The zero-order chi connectivity index (χ0) is 14.0. The van der Waals surface area contributed by atoms with Crippen molar-refractivity contribution in [3.63, 3.8) is 0 Å². The number of nitrogens with zero attached hydrogens (tertiary/aromatic N) is 3. The standard InChI is InChI=1S/C14H20N4O/c1-9(2)19-12-5-11(6-16-7-12)14(15)13-8-17-18(4)10(13)3/h5-9,14H,15H2,1-4H3. The van der Waals surface area contributed by atoms with Crippen molar-refractivity contribution < 1.29 is 4.74 Å². The summed E-state index contributed by atoms with van der Waals surface area (Å²) in [5.74, 6) is 0.740. The first-order chi connectivity index (χ1) is 8.99. The highest BCUT2D eigenvalue weighted by Crippen LogP contribution is 2.24. The topological polar surface area (TPSA) is 66.0 Å². The lowest BCUT2D eigenvalue weighted by molar-refractivity contribution is 0.241. The Balaban J connectivity index is 2.28. The molecule has 0 amide bonds. The number of aryl methyl sites for hydroxylation is 1. The fourth-order valence-corrected chi connectivity index (χ4v) is 1.94. The molecule has 1 atom stereocenters. The van der Waals surface area contributed by atoms with Crippen LogP contribution in [0.3, 0.4) is 0 Å². The predicted molar refractivity (Wildman–Crippen MR) is 74.0 cm³/mol. The van der Waals surface area contributed by atoms with Crippen molar-refractivity contribution in [2.24, 2.45) is 12.8 Å². The van der Waals surface area contributed by atoms with Crippen LogP contribution in [0.5, 0.6) is 5.75 Å². The third-order valence-electron chi connectivity index (χ3n) is 3.07. The van der Waals surface area contributed by atoms with Crippen LogP contribution in [-0.2, 0) is 7.05 Å². The van der Waals surface area contributed by atoms with Gasteiger partial charge in [-0.25, -0.2) is 0 Å². The van der Waals surface area contributed by atoms with Crippen molar-refractivity contribution in [2.45, 2.75) is 32.9 Å². The predicted octanol–water partition coefficient (Wildman–Crippen LogP) is 1.96. The van der Waals surface area contributed by atoms with Gasteiger partial charge in [-0.1, -0.05) is 0 Å². The molecule has 2 N–H and O–H groups in total. The van der Waals surface area contributed by atoms with Crippen molar-refractivity contribution in [3.05, 3.63) is 41.5 Å². The van der Waals surface area contributed by atoms with E-state index < -0.39 is 0 Å².